The number of nitrogens with one attached hydrogen (secondary N) is 1. The van der Waals surface area contributed by atoms with Crippen LogP contribution in [0.2, 0.25) is 0 Å². The summed E-state index contributed by atoms with van der Waals surface area (Å²) < 4.78 is 30.4. The second-order valence-corrected chi connectivity index (χ2v) is 6.11. The highest BCUT2D eigenvalue weighted by Crippen LogP contribution is 2.14. The van der Waals surface area contributed by atoms with E-state index in [1.807, 2.05) is 0 Å². The van der Waals surface area contributed by atoms with E-state index in [-0.39, 0.29) is 24.0 Å². The van der Waals surface area contributed by atoms with Crippen LogP contribution in [0, 0.1) is 19.7 Å². The first-order chi connectivity index (χ1) is 9.97. The van der Waals surface area contributed by atoms with Crippen LogP contribution in [0.5, 0.6) is 0 Å². The number of aryl methyl sites for hydroxylation is 2. The molecule has 1 aromatic heterocycles. The molecule has 0 saturated heterocycles. The maximum Gasteiger partial charge on any atom is 0.233 e. The summed E-state index contributed by atoms with van der Waals surface area (Å²) in [6.45, 7) is 3.58. The van der Waals surface area contributed by atoms with Gasteiger partial charge >= 0.3 is 0 Å². The van der Waals surface area contributed by atoms with E-state index in [2.05, 4.69) is 5.32 Å². The third-order valence-corrected chi connectivity index (χ3v) is 4.48. The van der Waals surface area contributed by atoms with Crippen molar-refractivity contribution in [3.63, 3.8) is 0 Å². The minimum Gasteiger partial charge on any atom is -0.468 e. The first-order valence-electron chi connectivity index (χ1n) is 6.41. The average molecular weight is 309 g/mol. The Morgan fingerprint density at radius 2 is 2.10 bits per heavy atom. The van der Waals surface area contributed by atoms with E-state index in [0.29, 0.717) is 21.8 Å². The van der Waals surface area contributed by atoms with Crippen molar-refractivity contribution in [2.45, 2.75) is 25.3 Å². The van der Waals surface area contributed by atoms with Gasteiger partial charge in [0.1, 0.15) is 17.3 Å². The Kier molecular flexibility index (Phi) is 4.90. The Balaban J connectivity index is 1.89. The lowest BCUT2D eigenvalue weighted by Gasteiger charge is -2.06. The van der Waals surface area contributed by atoms with Crippen molar-refractivity contribution in [3.05, 3.63) is 53.2 Å². The van der Waals surface area contributed by atoms with Gasteiger partial charge in [0.2, 0.25) is 5.91 Å². The lowest BCUT2D eigenvalue weighted by Crippen LogP contribution is -2.28. The summed E-state index contributed by atoms with van der Waals surface area (Å²) in [5.41, 5.74) is 1.22. The standard InChI is InChI=1S/C15H16FNO3S/c1-10-3-4-12(7-13(10)16)8-17-15(18)9-21(19)14-5-6-20-11(14)2/h3-7H,8-9H2,1-2H3,(H,17,18)/t21-/m0/s1. The number of furan rings is 1. The number of rotatable bonds is 5. The van der Waals surface area contributed by atoms with E-state index >= 15 is 0 Å². The van der Waals surface area contributed by atoms with E-state index in [1.165, 1.54) is 12.3 Å². The van der Waals surface area contributed by atoms with Crippen LogP contribution in [0.4, 0.5) is 4.39 Å². The molecule has 0 saturated carbocycles. The van der Waals surface area contributed by atoms with E-state index in [9.17, 15) is 13.4 Å². The highest BCUT2D eigenvalue weighted by atomic mass is 32.2. The van der Waals surface area contributed by atoms with E-state index < -0.39 is 10.8 Å². The van der Waals surface area contributed by atoms with Gasteiger partial charge in [-0.25, -0.2) is 4.39 Å². The Labute approximate surface area is 124 Å². The quantitative estimate of drug-likeness (QED) is 0.923. The minimum atomic E-state index is -1.44. The van der Waals surface area contributed by atoms with Gasteiger partial charge in [0.25, 0.3) is 0 Å². The SMILES string of the molecule is Cc1ccc(CNC(=O)C[S@](=O)c2ccoc2C)cc1F. The number of benzene rings is 1. The maximum atomic E-state index is 13.4. The normalized spacial score (nSPS) is 12.1. The second-order valence-electron chi connectivity index (χ2n) is 4.69. The largest absolute Gasteiger partial charge is 0.468 e. The lowest BCUT2D eigenvalue weighted by molar-refractivity contribution is -0.118. The van der Waals surface area contributed by atoms with Crippen LogP contribution in [0.3, 0.4) is 0 Å². The molecular formula is C15H16FNO3S. The summed E-state index contributed by atoms with van der Waals surface area (Å²) in [7, 11) is -1.44. The molecule has 0 aliphatic carbocycles. The summed E-state index contributed by atoms with van der Waals surface area (Å²) in [5, 5.41) is 2.63. The molecule has 1 heterocycles. The Morgan fingerprint density at radius 3 is 2.71 bits per heavy atom. The van der Waals surface area contributed by atoms with Gasteiger partial charge in [0.05, 0.1) is 22.0 Å². The number of carbonyl (C=O) groups excluding carboxylic acids is 1. The number of amides is 1. The van der Waals surface area contributed by atoms with Crippen LogP contribution < -0.4 is 5.32 Å². The molecule has 6 heteroatoms. The molecule has 0 bridgehead atoms. The highest BCUT2D eigenvalue weighted by Gasteiger charge is 2.14. The van der Waals surface area contributed by atoms with Crippen molar-refractivity contribution < 1.29 is 17.8 Å². The highest BCUT2D eigenvalue weighted by molar-refractivity contribution is 7.85. The van der Waals surface area contributed by atoms with Crippen LogP contribution in [0.25, 0.3) is 0 Å². The van der Waals surface area contributed by atoms with Gasteiger partial charge < -0.3 is 9.73 Å². The van der Waals surface area contributed by atoms with Crippen molar-refractivity contribution in [2.24, 2.45) is 0 Å². The van der Waals surface area contributed by atoms with Crippen molar-refractivity contribution >= 4 is 16.7 Å². The summed E-state index contributed by atoms with van der Waals surface area (Å²) in [5.74, 6) is -0.259. The fraction of sp³-hybridized carbons (Fsp3) is 0.267. The predicted molar refractivity (Wildman–Crippen MR) is 77.7 cm³/mol. The van der Waals surface area contributed by atoms with Gasteiger partial charge in [-0.3, -0.25) is 9.00 Å². The van der Waals surface area contributed by atoms with Gasteiger partial charge in [-0.1, -0.05) is 12.1 Å². The van der Waals surface area contributed by atoms with Crippen molar-refractivity contribution in [1.29, 1.82) is 0 Å². The minimum absolute atomic E-state index is 0.144. The number of carbonyl (C=O) groups is 1. The van der Waals surface area contributed by atoms with Crippen molar-refractivity contribution in [3.8, 4) is 0 Å². The second kappa shape index (κ2) is 6.67. The summed E-state index contributed by atoms with van der Waals surface area (Å²) in [4.78, 5) is 12.3. The molecule has 2 rings (SSSR count). The number of hydrogen-bond acceptors (Lipinski definition) is 3. The molecule has 0 unspecified atom stereocenters. The van der Waals surface area contributed by atoms with Crippen LogP contribution in [-0.4, -0.2) is 15.9 Å². The smallest absolute Gasteiger partial charge is 0.233 e. The van der Waals surface area contributed by atoms with Gasteiger partial charge in [0, 0.05) is 6.54 Å². The average Bonchev–Trinajstić information content (AvgIpc) is 2.86. The molecule has 0 radical (unpaired) electrons. The van der Waals surface area contributed by atoms with Gasteiger partial charge in [0.15, 0.2) is 0 Å². The zero-order valence-corrected chi connectivity index (χ0v) is 12.6. The molecule has 1 N–H and O–H groups in total. The summed E-state index contributed by atoms with van der Waals surface area (Å²) >= 11 is 0. The van der Waals surface area contributed by atoms with Gasteiger partial charge in [-0.2, -0.15) is 0 Å². The monoisotopic (exact) mass is 309 g/mol. The number of halogens is 1. The van der Waals surface area contributed by atoms with Crippen molar-refractivity contribution in [1.82, 2.24) is 5.32 Å². The zero-order chi connectivity index (χ0) is 15.4. The molecule has 1 amide bonds. The van der Waals surface area contributed by atoms with E-state index in [0.717, 1.165) is 0 Å². The molecule has 0 spiro atoms. The molecule has 0 aliphatic heterocycles. The topological polar surface area (TPSA) is 59.3 Å². The molecule has 0 fully saturated rings. The summed E-state index contributed by atoms with van der Waals surface area (Å²) in [6.07, 6.45) is 1.44. The van der Waals surface area contributed by atoms with Crippen molar-refractivity contribution in [2.75, 3.05) is 5.75 Å². The third-order valence-electron chi connectivity index (χ3n) is 3.04. The molecule has 0 aliphatic rings. The number of hydrogen-bond donors (Lipinski definition) is 1. The maximum absolute atomic E-state index is 13.4. The Bertz CT molecular complexity index is 681. The molecule has 21 heavy (non-hydrogen) atoms. The fourth-order valence-corrected chi connectivity index (χ4v) is 2.88. The Hall–Kier alpha value is -1.95. The van der Waals surface area contributed by atoms with Gasteiger partial charge in [-0.05, 0) is 37.1 Å². The summed E-state index contributed by atoms with van der Waals surface area (Å²) in [6, 6.07) is 6.38. The van der Waals surface area contributed by atoms with Crippen LogP contribution in [0.1, 0.15) is 16.9 Å². The van der Waals surface area contributed by atoms with Crippen LogP contribution in [0.15, 0.2) is 39.8 Å². The van der Waals surface area contributed by atoms with Crippen LogP contribution in [-0.2, 0) is 22.1 Å². The molecule has 112 valence electrons. The van der Waals surface area contributed by atoms with Gasteiger partial charge in [-0.15, -0.1) is 0 Å². The Morgan fingerprint density at radius 1 is 1.33 bits per heavy atom. The first kappa shape index (κ1) is 15.4. The molecule has 1 aromatic carbocycles. The molecule has 1 atom stereocenters. The molecule has 2 aromatic rings. The molecular weight excluding hydrogens is 293 g/mol. The fourth-order valence-electron chi connectivity index (χ4n) is 1.80. The van der Waals surface area contributed by atoms with E-state index in [1.54, 1.807) is 32.0 Å². The van der Waals surface area contributed by atoms with E-state index in [4.69, 9.17) is 4.42 Å². The third kappa shape index (κ3) is 4.01. The first-order valence-corrected chi connectivity index (χ1v) is 7.73. The predicted octanol–water partition coefficient (Wildman–Crippen LogP) is 2.46. The zero-order valence-electron chi connectivity index (χ0n) is 11.8. The molecule has 4 nitrogen and oxygen atoms in total. The van der Waals surface area contributed by atoms with Crippen LogP contribution >= 0.6 is 0 Å². The lowest BCUT2D eigenvalue weighted by atomic mass is 10.1.